The first-order valence-corrected chi connectivity index (χ1v) is 8.58. The molecule has 0 unspecified atom stereocenters. The first-order chi connectivity index (χ1) is 12.7. The van der Waals surface area contributed by atoms with E-state index in [0.29, 0.717) is 5.02 Å². The molecule has 126 valence electrons. The Morgan fingerprint density at radius 1 is 0.885 bits per heavy atom. The molecular formula is C20H14ClN5. The third-order valence-electron chi connectivity index (χ3n) is 4.58. The number of hydrogen-bond donors (Lipinski definition) is 0. The highest BCUT2D eigenvalue weighted by atomic mass is 35.5. The Bertz CT molecular complexity index is 1250. The fourth-order valence-corrected chi connectivity index (χ4v) is 3.32. The van der Waals surface area contributed by atoms with Gasteiger partial charge in [0.2, 0.25) is 0 Å². The Morgan fingerprint density at radius 2 is 1.69 bits per heavy atom. The van der Waals surface area contributed by atoms with Crippen LogP contribution < -0.4 is 0 Å². The number of halogens is 1. The summed E-state index contributed by atoms with van der Waals surface area (Å²) in [4.78, 5) is 9.02. The Hall–Kier alpha value is -3.18. The maximum atomic E-state index is 5.99. The first-order valence-electron chi connectivity index (χ1n) is 8.20. The van der Waals surface area contributed by atoms with Gasteiger partial charge in [-0.15, -0.1) is 0 Å². The van der Waals surface area contributed by atoms with Gasteiger partial charge < -0.3 is 0 Å². The quantitative estimate of drug-likeness (QED) is 0.462. The standard InChI is InChI=1S/C20H14ClN5/c1-25-18-7-4-14(8-15(18)9-24-25)19-10-23-20-11-22-17(12-26(19)20)13-2-5-16(21)6-3-13/h2-12H,1H3. The van der Waals surface area contributed by atoms with Crippen molar-refractivity contribution in [3.8, 4) is 22.5 Å². The molecule has 0 amide bonds. The molecule has 0 saturated carbocycles. The lowest BCUT2D eigenvalue weighted by Crippen LogP contribution is -1.93. The molecule has 0 aliphatic rings. The molecule has 26 heavy (non-hydrogen) atoms. The highest BCUT2D eigenvalue weighted by Crippen LogP contribution is 2.27. The average Bonchev–Trinajstić information content (AvgIpc) is 3.25. The molecule has 0 fully saturated rings. The molecule has 5 rings (SSSR count). The van der Waals surface area contributed by atoms with Gasteiger partial charge in [-0.2, -0.15) is 5.10 Å². The van der Waals surface area contributed by atoms with Crippen molar-refractivity contribution >= 4 is 28.2 Å². The molecule has 3 heterocycles. The Kier molecular flexibility index (Phi) is 3.30. The number of hydrogen-bond acceptors (Lipinski definition) is 3. The van der Waals surface area contributed by atoms with Crippen LogP contribution in [0.3, 0.4) is 0 Å². The van der Waals surface area contributed by atoms with Gasteiger partial charge in [-0.1, -0.05) is 29.8 Å². The second kappa shape index (κ2) is 5.68. The number of fused-ring (bicyclic) bond motifs is 2. The molecule has 3 aromatic heterocycles. The molecule has 5 aromatic rings. The normalized spacial score (nSPS) is 11.5. The van der Waals surface area contributed by atoms with E-state index in [9.17, 15) is 0 Å². The maximum absolute atomic E-state index is 5.99. The molecule has 6 heteroatoms. The summed E-state index contributed by atoms with van der Waals surface area (Å²) in [6, 6.07) is 14.0. The summed E-state index contributed by atoms with van der Waals surface area (Å²) in [6.45, 7) is 0. The zero-order valence-electron chi connectivity index (χ0n) is 14.0. The van der Waals surface area contributed by atoms with Gasteiger partial charge in [0.25, 0.3) is 0 Å². The van der Waals surface area contributed by atoms with Crippen LogP contribution in [0.25, 0.3) is 39.1 Å². The van der Waals surface area contributed by atoms with E-state index < -0.39 is 0 Å². The molecular weight excluding hydrogens is 346 g/mol. The van der Waals surface area contributed by atoms with Gasteiger partial charge in [0.15, 0.2) is 5.65 Å². The number of aryl methyl sites for hydroxylation is 1. The van der Waals surface area contributed by atoms with Crippen LogP contribution in [0.5, 0.6) is 0 Å². The van der Waals surface area contributed by atoms with E-state index >= 15 is 0 Å². The van der Waals surface area contributed by atoms with Crippen LogP contribution >= 0.6 is 11.6 Å². The van der Waals surface area contributed by atoms with Crippen molar-refractivity contribution in [1.82, 2.24) is 24.1 Å². The minimum Gasteiger partial charge on any atom is -0.296 e. The molecule has 2 aromatic carbocycles. The highest BCUT2D eigenvalue weighted by molar-refractivity contribution is 6.30. The van der Waals surface area contributed by atoms with E-state index in [2.05, 4.69) is 37.7 Å². The maximum Gasteiger partial charge on any atom is 0.155 e. The van der Waals surface area contributed by atoms with E-state index in [4.69, 9.17) is 11.6 Å². The summed E-state index contributed by atoms with van der Waals surface area (Å²) in [5.41, 5.74) is 5.90. The van der Waals surface area contributed by atoms with Crippen molar-refractivity contribution in [2.45, 2.75) is 0 Å². The van der Waals surface area contributed by atoms with Crippen LogP contribution in [0.2, 0.25) is 5.02 Å². The lowest BCUT2D eigenvalue weighted by Gasteiger charge is -2.06. The van der Waals surface area contributed by atoms with Gasteiger partial charge in [-0.3, -0.25) is 14.1 Å². The number of rotatable bonds is 2. The number of nitrogens with zero attached hydrogens (tertiary/aromatic N) is 5. The van der Waals surface area contributed by atoms with Crippen LogP contribution in [0.4, 0.5) is 0 Å². The van der Waals surface area contributed by atoms with E-state index in [0.717, 1.165) is 39.1 Å². The monoisotopic (exact) mass is 359 g/mol. The molecule has 0 N–H and O–H groups in total. The van der Waals surface area contributed by atoms with Gasteiger partial charge in [0, 0.05) is 34.8 Å². The highest BCUT2D eigenvalue weighted by Gasteiger charge is 2.10. The van der Waals surface area contributed by atoms with Gasteiger partial charge in [-0.25, -0.2) is 4.98 Å². The lowest BCUT2D eigenvalue weighted by atomic mass is 10.1. The molecule has 5 nitrogen and oxygen atoms in total. The van der Waals surface area contributed by atoms with E-state index in [1.807, 2.05) is 54.6 Å². The summed E-state index contributed by atoms with van der Waals surface area (Å²) in [5.74, 6) is 0. The molecule has 0 saturated heterocycles. The SMILES string of the molecule is Cn1ncc2cc(-c3cnc4cnc(-c5ccc(Cl)cc5)cn34)ccc21. The van der Waals surface area contributed by atoms with Gasteiger partial charge in [0.1, 0.15) is 0 Å². The molecule has 0 aliphatic heterocycles. The van der Waals surface area contributed by atoms with Crippen LogP contribution in [0.15, 0.2) is 67.3 Å². The smallest absolute Gasteiger partial charge is 0.155 e. The summed E-state index contributed by atoms with van der Waals surface area (Å²) in [6.07, 6.45) is 7.55. The number of aromatic nitrogens is 5. The predicted molar refractivity (Wildman–Crippen MR) is 103 cm³/mol. The Labute approximate surface area is 154 Å². The van der Waals surface area contributed by atoms with Crippen molar-refractivity contribution in [1.29, 1.82) is 0 Å². The third kappa shape index (κ3) is 2.36. The van der Waals surface area contributed by atoms with E-state index in [1.54, 1.807) is 6.20 Å². The van der Waals surface area contributed by atoms with Gasteiger partial charge in [0.05, 0.1) is 35.5 Å². The van der Waals surface area contributed by atoms with Crippen LogP contribution in [0.1, 0.15) is 0 Å². The van der Waals surface area contributed by atoms with E-state index in [1.165, 1.54) is 0 Å². The zero-order chi connectivity index (χ0) is 17.7. The number of imidazole rings is 1. The fourth-order valence-electron chi connectivity index (χ4n) is 3.20. The zero-order valence-corrected chi connectivity index (χ0v) is 14.7. The third-order valence-corrected chi connectivity index (χ3v) is 4.83. The fraction of sp³-hybridized carbons (Fsp3) is 0.0500. The van der Waals surface area contributed by atoms with Crippen molar-refractivity contribution in [2.75, 3.05) is 0 Å². The average molecular weight is 360 g/mol. The van der Waals surface area contributed by atoms with Crippen LogP contribution in [0, 0.1) is 0 Å². The molecule has 0 aliphatic carbocycles. The predicted octanol–water partition coefficient (Wildman–Crippen LogP) is 4.60. The summed E-state index contributed by atoms with van der Waals surface area (Å²) in [5, 5.41) is 6.13. The number of benzene rings is 2. The summed E-state index contributed by atoms with van der Waals surface area (Å²) < 4.78 is 3.94. The minimum atomic E-state index is 0.711. The van der Waals surface area contributed by atoms with Crippen LogP contribution in [-0.4, -0.2) is 24.1 Å². The summed E-state index contributed by atoms with van der Waals surface area (Å²) >= 11 is 5.99. The van der Waals surface area contributed by atoms with Gasteiger partial charge >= 0.3 is 0 Å². The Morgan fingerprint density at radius 3 is 2.54 bits per heavy atom. The minimum absolute atomic E-state index is 0.711. The van der Waals surface area contributed by atoms with Crippen molar-refractivity contribution < 1.29 is 0 Å². The van der Waals surface area contributed by atoms with E-state index in [-0.39, 0.29) is 0 Å². The van der Waals surface area contributed by atoms with Crippen molar-refractivity contribution in [3.05, 3.63) is 72.3 Å². The molecule has 0 atom stereocenters. The first kappa shape index (κ1) is 15.1. The van der Waals surface area contributed by atoms with Gasteiger partial charge in [-0.05, 0) is 24.3 Å². The topological polar surface area (TPSA) is 48.0 Å². The second-order valence-corrected chi connectivity index (χ2v) is 6.63. The largest absolute Gasteiger partial charge is 0.296 e. The molecule has 0 spiro atoms. The Balaban J connectivity index is 1.67. The lowest BCUT2D eigenvalue weighted by molar-refractivity contribution is 0.797. The van der Waals surface area contributed by atoms with Crippen molar-refractivity contribution in [3.63, 3.8) is 0 Å². The molecule has 0 bridgehead atoms. The van der Waals surface area contributed by atoms with Crippen molar-refractivity contribution in [2.24, 2.45) is 7.05 Å². The second-order valence-electron chi connectivity index (χ2n) is 6.19. The van der Waals surface area contributed by atoms with Crippen LogP contribution in [-0.2, 0) is 7.05 Å². The summed E-state index contributed by atoms with van der Waals surface area (Å²) in [7, 11) is 1.94. The molecule has 0 radical (unpaired) electrons.